The highest BCUT2D eigenvalue weighted by Crippen LogP contribution is 2.11. The SMILES string of the molecule is CCCCCCC(C)OC(=O)c1nccnc1N. The van der Waals surface area contributed by atoms with E-state index >= 15 is 0 Å². The van der Waals surface area contributed by atoms with Gasteiger partial charge in [-0.3, -0.25) is 0 Å². The van der Waals surface area contributed by atoms with E-state index < -0.39 is 5.97 Å². The fraction of sp³-hybridized carbons (Fsp3) is 0.615. The van der Waals surface area contributed by atoms with Crippen molar-refractivity contribution in [2.45, 2.75) is 52.1 Å². The molecule has 0 fully saturated rings. The molecule has 1 rings (SSSR count). The summed E-state index contributed by atoms with van der Waals surface area (Å²) in [5, 5.41) is 0. The monoisotopic (exact) mass is 251 g/mol. The lowest BCUT2D eigenvalue weighted by Gasteiger charge is -2.13. The van der Waals surface area contributed by atoms with E-state index in [1.165, 1.54) is 31.7 Å². The second kappa shape index (κ2) is 7.63. The maximum absolute atomic E-state index is 11.8. The summed E-state index contributed by atoms with van der Waals surface area (Å²) < 4.78 is 5.28. The van der Waals surface area contributed by atoms with Gasteiger partial charge in [0.05, 0.1) is 6.10 Å². The fourth-order valence-electron chi connectivity index (χ4n) is 1.66. The van der Waals surface area contributed by atoms with E-state index in [0.717, 1.165) is 12.8 Å². The number of esters is 1. The summed E-state index contributed by atoms with van der Waals surface area (Å²) in [6.45, 7) is 4.05. The van der Waals surface area contributed by atoms with Crippen LogP contribution < -0.4 is 5.73 Å². The van der Waals surface area contributed by atoms with Crippen molar-refractivity contribution in [2.24, 2.45) is 0 Å². The lowest BCUT2D eigenvalue weighted by Crippen LogP contribution is -2.18. The van der Waals surface area contributed by atoms with Gasteiger partial charge in [-0.25, -0.2) is 14.8 Å². The molecule has 0 saturated heterocycles. The summed E-state index contributed by atoms with van der Waals surface area (Å²) in [4.78, 5) is 19.4. The number of aromatic nitrogens is 2. The van der Waals surface area contributed by atoms with Crippen LogP contribution in [0.4, 0.5) is 5.82 Å². The second-order valence-corrected chi connectivity index (χ2v) is 4.36. The number of carbonyl (C=O) groups excluding carboxylic acids is 1. The van der Waals surface area contributed by atoms with Gasteiger partial charge in [-0.1, -0.05) is 26.2 Å². The van der Waals surface area contributed by atoms with Crippen molar-refractivity contribution >= 4 is 11.8 Å². The second-order valence-electron chi connectivity index (χ2n) is 4.36. The quantitative estimate of drug-likeness (QED) is 0.595. The van der Waals surface area contributed by atoms with Crippen LogP contribution in [0.2, 0.25) is 0 Å². The van der Waals surface area contributed by atoms with E-state index in [-0.39, 0.29) is 17.6 Å². The van der Waals surface area contributed by atoms with Gasteiger partial charge in [0, 0.05) is 12.4 Å². The third-order valence-corrected chi connectivity index (χ3v) is 2.69. The molecule has 18 heavy (non-hydrogen) atoms. The Kier molecular flexibility index (Phi) is 6.11. The van der Waals surface area contributed by atoms with Crippen molar-refractivity contribution in [2.75, 3.05) is 5.73 Å². The molecule has 0 bridgehead atoms. The van der Waals surface area contributed by atoms with Crippen LogP contribution >= 0.6 is 0 Å². The van der Waals surface area contributed by atoms with Crippen LogP contribution in [0.3, 0.4) is 0 Å². The van der Waals surface area contributed by atoms with E-state index in [1.807, 2.05) is 6.92 Å². The molecule has 0 aliphatic carbocycles. The Labute approximate surface area is 108 Å². The zero-order valence-corrected chi connectivity index (χ0v) is 11.1. The molecular formula is C13H21N3O2. The molecule has 0 aliphatic heterocycles. The van der Waals surface area contributed by atoms with Gasteiger partial charge in [0.25, 0.3) is 0 Å². The van der Waals surface area contributed by atoms with Crippen LogP contribution in [0, 0.1) is 0 Å². The van der Waals surface area contributed by atoms with Gasteiger partial charge < -0.3 is 10.5 Å². The molecule has 1 aromatic rings. The molecule has 0 amide bonds. The predicted octanol–water partition coefficient (Wildman–Crippen LogP) is 2.57. The predicted molar refractivity (Wildman–Crippen MR) is 70.1 cm³/mol. The fourth-order valence-corrected chi connectivity index (χ4v) is 1.66. The number of nitrogens with zero attached hydrogens (tertiary/aromatic N) is 2. The van der Waals surface area contributed by atoms with Gasteiger partial charge >= 0.3 is 5.97 Å². The highest BCUT2D eigenvalue weighted by molar-refractivity contribution is 5.91. The van der Waals surface area contributed by atoms with Gasteiger partial charge in [0.15, 0.2) is 11.5 Å². The molecule has 5 heteroatoms. The third kappa shape index (κ3) is 4.69. The van der Waals surface area contributed by atoms with Gasteiger partial charge in [-0.2, -0.15) is 0 Å². The first-order valence-electron chi connectivity index (χ1n) is 6.42. The van der Waals surface area contributed by atoms with Crippen molar-refractivity contribution in [3.05, 3.63) is 18.1 Å². The first-order valence-corrected chi connectivity index (χ1v) is 6.42. The maximum Gasteiger partial charge on any atom is 0.361 e. The zero-order chi connectivity index (χ0) is 13.4. The number of nitrogens with two attached hydrogens (primary N) is 1. The summed E-state index contributed by atoms with van der Waals surface area (Å²) in [5.41, 5.74) is 5.66. The Morgan fingerprint density at radius 1 is 1.33 bits per heavy atom. The molecule has 5 nitrogen and oxygen atoms in total. The summed E-state index contributed by atoms with van der Waals surface area (Å²) >= 11 is 0. The molecular weight excluding hydrogens is 230 g/mol. The van der Waals surface area contributed by atoms with Gasteiger partial charge in [-0.15, -0.1) is 0 Å². The largest absolute Gasteiger partial charge is 0.458 e. The lowest BCUT2D eigenvalue weighted by atomic mass is 10.1. The number of nitrogen functional groups attached to an aromatic ring is 1. The standard InChI is InChI=1S/C13H21N3O2/c1-3-4-5-6-7-10(2)18-13(17)11-12(14)16-9-8-15-11/h8-10H,3-7H2,1-2H3,(H2,14,16). The Morgan fingerprint density at radius 2 is 2.06 bits per heavy atom. The van der Waals surface area contributed by atoms with E-state index in [4.69, 9.17) is 10.5 Å². The van der Waals surface area contributed by atoms with Crippen LogP contribution in [0.5, 0.6) is 0 Å². The Morgan fingerprint density at radius 3 is 2.72 bits per heavy atom. The molecule has 1 atom stereocenters. The van der Waals surface area contributed by atoms with Gasteiger partial charge in [-0.05, 0) is 19.8 Å². The van der Waals surface area contributed by atoms with E-state index in [1.54, 1.807) is 0 Å². The number of unbranched alkanes of at least 4 members (excludes halogenated alkanes) is 3. The molecule has 0 spiro atoms. The summed E-state index contributed by atoms with van der Waals surface area (Å²) in [6, 6.07) is 0. The summed E-state index contributed by atoms with van der Waals surface area (Å²) in [6.07, 6.45) is 8.28. The Balaban J connectivity index is 2.38. The highest BCUT2D eigenvalue weighted by Gasteiger charge is 2.16. The Bertz CT molecular complexity index is 382. The average molecular weight is 251 g/mol. The van der Waals surface area contributed by atoms with Crippen LogP contribution in [0.1, 0.15) is 56.4 Å². The smallest absolute Gasteiger partial charge is 0.361 e. The summed E-state index contributed by atoms with van der Waals surface area (Å²) in [7, 11) is 0. The molecule has 1 aromatic heterocycles. The highest BCUT2D eigenvalue weighted by atomic mass is 16.5. The van der Waals surface area contributed by atoms with E-state index in [2.05, 4.69) is 16.9 Å². The van der Waals surface area contributed by atoms with Gasteiger partial charge in [0.1, 0.15) is 0 Å². The molecule has 100 valence electrons. The Hall–Kier alpha value is -1.65. The molecule has 0 aliphatic rings. The topological polar surface area (TPSA) is 78.1 Å². The number of carbonyl (C=O) groups is 1. The minimum Gasteiger partial charge on any atom is -0.458 e. The molecule has 0 aromatic carbocycles. The first-order chi connectivity index (χ1) is 8.65. The van der Waals surface area contributed by atoms with Crippen molar-refractivity contribution in [1.82, 2.24) is 9.97 Å². The molecule has 1 heterocycles. The molecule has 0 saturated carbocycles. The van der Waals surface area contributed by atoms with E-state index in [9.17, 15) is 4.79 Å². The van der Waals surface area contributed by atoms with Crippen LogP contribution in [-0.4, -0.2) is 22.0 Å². The average Bonchev–Trinajstić information content (AvgIpc) is 2.35. The lowest BCUT2D eigenvalue weighted by molar-refractivity contribution is 0.0313. The van der Waals surface area contributed by atoms with Crippen molar-refractivity contribution in [3.8, 4) is 0 Å². The normalized spacial score (nSPS) is 12.1. The molecule has 0 radical (unpaired) electrons. The maximum atomic E-state index is 11.8. The van der Waals surface area contributed by atoms with Crippen LogP contribution in [0.15, 0.2) is 12.4 Å². The van der Waals surface area contributed by atoms with Crippen LogP contribution in [-0.2, 0) is 4.74 Å². The number of hydrogen-bond acceptors (Lipinski definition) is 5. The molecule has 2 N–H and O–H groups in total. The van der Waals surface area contributed by atoms with E-state index in [0.29, 0.717) is 0 Å². The number of rotatable bonds is 7. The summed E-state index contributed by atoms with van der Waals surface area (Å²) in [5.74, 6) is -0.385. The molecule has 1 unspecified atom stereocenters. The zero-order valence-electron chi connectivity index (χ0n) is 11.1. The number of anilines is 1. The number of ether oxygens (including phenoxy) is 1. The minimum absolute atomic E-state index is 0.0953. The van der Waals surface area contributed by atoms with Crippen molar-refractivity contribution < 1.29 is 9.53 Å². The van der Waals surface area contributed by atoms with Gasteiger partial charge in [0.2, 0.25) is 0 Å². The minimum atomic E-state index is -0.497. The van der Waals surface area contributed by atoms with Crippen molar-refractivity contribution in [1.29, 1.82) is 0 Å². The van der Waals surface area contributed by atoms with Crippen LogP contribution in [0.25, 0.3) is 0 Å². The first kappa shape index (κ1) is 14.4. The third-order valence-electron chi connectivity index (χ3n) is 2.69. The van der Waals surface area contributed by atoms with Crippen molar-refractivity contribution in [3.63, 3.8) is 0 Å². The number of hydrogen-bond donors (Lipinski definition) is 1.